The number of carboxylic acid groups (broad SMARTS) is 2. The molecule has 0 heterocycles. The van der Waals surface area contributed by atoms with Crippen molar-refractivity contribution in [2.45, 2.75) is 0 Å². The third kappa shape index (κ3) is 241. The molecular weight excluding hydrogens is 348 g/mol. The number of hydrogen-bond donors (Lipinski definition) is 6. The Balaban J connectivity index is -0.0000000299. The van der Waals surface area contributed by atoms with Gasteiger partial charge in [-0.05, 0) is 24.4 Å². The Morgan fingerprint density at radius 1 is 1.00 bits per heavy atom. The second-order valence-corrected chi connectivity index (χ2v) is 2.64. The monoisotopic (exact) mass is 356 g/mol. The van der Waals surface area contributed by atoms with Gasteiger partial charge in [-0.1, -0.05) is 0 Å². The molecule has 15 heteroatoms. The normalized spacial score (nSPS) is 6.26. The van der Waals surface area contributed by atoms with Gasteiger partial charge in [0.25, 0.3) is 0 Å². The van der Waals surface area contributed by atoms with Gasteiger partial charge < -0.3 is 10.2 Å². The average molecular weight is 356 g/mol. The van der Waals surface area contributed by atoms with Gasteiger partial charge in [0.05, 0.1) is 10.3 Å². The number of carboxylic acids is 2. The maximum atomic E-state index is 10.4. The van der Waals surface area contributed by atoms with Crippen molar-refractivity contribution in [2.75, 3.05) is 0 Å². The predicted octanol–water partition coefficient (Wildman–Crippen LogP) is -0.757. The first kappa shape index (κ1) is 36.7. The van der Waals surface area contributed by atoms with E-state index in [1.165, 1.54) is 0 Å². The molecule has 0 atom stereocenters. The second-order valence-electron chi connectivity index (χ2n) is 1.29. The van der Waals surface area contributed by atoms with Crippen LogP contribution in [0.5, 0.6) is 0 Å². The van der Waals surface area contributed by atoms with Crippen LogP contribution in [0.4, 0.5) is 4.20 Å². The molecule has 0 saturated carbocycles. The van der Waals surface area contributed by atoms with Crippen LogP contribution in [0, 0.1) is 10.8 Å². The van der Waals surface area contributed by atoms with Gasteiger partial charge in [-0.3, -0.25) is 9.79 Å². The fourth-order valence-electron chi connectivity index (χ4n) is 0. The zero-order chi connectivity index (χ0) is 15.1. The summed E-state index contributed by atoms with van der Waals surface area (Å²) < 4.78 is 19.0. The van der Waals surface area contributed by atoms with Crippen LogP contribution in [-0.4, -0.2) is 101 Å². The summed E-state index contributed by atoms with van der Waals surface area (Å²) in [5.74, 6) is -3.65. The van der Waals surface area contributed by atoms with Gasteiger partial charge in [-0.25, -0.2) is 25.0 Å². The van der Waals surface area contributed by atoms with Gasteiger partial charge in [0.15, 0.2) is 0 Å². The van der Waals surface area contributed by atoms with Gasteiger partial charge in [-0.15, -0.1) is 4.20 Å². The third-order valence-electron chi connectivity index (χ3n) is 0.183. The SMILES string of the molecule is N=C=S.N=C=S.O=C(O)C(=O)O.O=P(O)(O)F.[NaH].[NaH]. The Bertz CT molecular complexity index is 321. The molecule has 102 valence electrons. The van der Waals surface area contributed by atoms with Crippen molar-refractivity contribution in [1.29, 1.82) is 10.8 Å². The van der Waals surface area contributed by atoms with Crippen molar-refractivity contribution in [2.24, 2.45) is 0 Å². The summed E-state index contributed by atoms with van der Waals surface area (Å²) in [5.41, 5.74) is 0. The summed E-state index contributed by atoms with van der Waals surface area (Å²) in [6.45, 7) is 0. The van der Waals surface area contributed by atoms with Crippen LogP contribution in [0.1, 0.15) is 0 Å². The fourth-order valence-corrected chi connectivity index (χ4v) is 0. The zero-order valence-corrected chi connectivity index (χ0v) is 10.2. The summed E-state index contributed by atoms with van der Waals surface area (Å²) in [7, 11) is -5.14. The fraction of sp³-hybridized carbons (Fsp3) is 0. The number of carbonyl (C=O) groups is 2. The Hall–Kier alpha value is 0.620. The minimum absolute atomic E-state index is 0. The average Bonchev–Trinajstić information content (AvgIpc) is 2.03. The number of aliphatic carboxylic acids is 2. The standard InChI is InChI=1S/C2H2O4.2CHNS.FH2O3P.2Na.2H/c3-1(4)2(5)6;2*2-1-3;1-5(2,3)4;;;;/h(H,3,4)(H,5,6);2*2H;(H2,2,3,4);;;;. The Morgan fingerprint density at radius 2 is 1.05 bits per heavy atom. The molecule has 0 saturated heterocycles. The quantitative estimate of drug-likeness (QED) is 0.107. The summed E-state index contributed by atoms with van der Waals surface area (Å²) in [6, 6.07) is 0. The van der Waals surface area contributed by atoms with Crippen LogP contribution in [0.25, 0.3) is 0 Å². The first-order valence-corrected chi connectivity index (χ1v) is 5.09. The van der Waals surface area contributed by atoms with Crippen molar-refractivity contribution >= 4 is 114 Å². The van der Waals surface area contributed by atoms with E-state index in [0.29, 0.717) is 0 Å². The molecule has 0 aromatic rings. The second kappa shape index (κ2) is 27.0. The predicted molar refractivity (Wildman–Crippen MR) is 73.4 cm³/mol. The zero-order valence-electron chi connectivity index (χ0n) is 7.66. The van der Waals surface area contributed by atoms with E-state index < -0.39 is 19.8 Å². The molecule has 0 unspecified atom stereocenters. The number of halogens is 1. The molecule has 0 spiro atoms. The molecule has 0 amide bonds. The van der Waals surface area contributed by atoms with Crippen molar-refractivity contribution in [3.63, 3.8) is 0 Å². The topological polar surface area (TPSA) is 180 Å². The van der Waals surface area contributed by atoms with Crippen LogP contribution in [-0.2, 0) is 14.2 Å². The molecule has 6 N–H and O–H groups in total. The minimum atomic E-state index is -5.14. The Morgan fingerprint density at radius 3 is 1.05 bits per heavy atom. The van der Waals surface area contributed by atoms with E-state index in [1.54, 1.807) is 10.3 Å². The number of thiocarbonyl (C=S) groups is 2. The first-order chi connectivity index (χ1) is 7.47. The maximum absolute atomic E-state index is 10.4. The van der Waals surface area contributed by atoms with Crippen LogP contribution in [0.15, 0.2) is 0 Å². The van der Waals surface area contributed by atoms with Gasteiger partial charge in [0, 0.05) is 0 Å². The van der Waals surface area contributed by atoms with E-state index in [0.717, 1.165) is 0 Å². The van der Waals surface area contributed by atoms with Crippen LogP contribution < -0.4 is 0 Å². The van der Waals surface area contributed by atoms with Gasteiger partial charge >= 0.3 is 79.0 Å². The van der Waals surface area contributed by atoms with E-state index in [4.69, 9.17) is 45.0 Å². The molecule has 0 aliphatic carbocycles. The number of hydrogen-bond acceptors (Lipinski definition) is 7. The molecule has 0 aromatic carbocycles. The molecule has 0 rings (SSSR count). The summed E-state index contributed by atoms with van der Waals surface area (Å²) in [5, 5.41) is 29.5. The number of nitrogens with one attached hydrogen (secondary N) is 2. The summed E-state index contributed by atoms with van der Waals surface area (Å²) in [6.07, 6.45) is 0. The molecule has 0 fully saturated rings. The van der Waals surface area contributed by atoms with Gasteiger partial charge in [-0.2, -0.15) is 0 Å². The third-order valence-corrected chi connectivity index (χ3v) is 0.183. The molecule has 0 bridgehead atoms. The molecule has 9 nitrogen and oxygen atoms in total. The molecule has 0 aliphatic rings. The molecule has 0 radical (unpaired) electrons. The summed E-state index contributed by atoms with van der Waals surface area (Å²) in [4.78, 5) is 32.1. The molecule has 0 aliphatic heterocycles. The van der Waals surface area contributed by atoms with Crippen molar-refractivity contribution in [1.82, 2.24) is 0 Å². The first-order valence-electron chi connectivity index (χ1n) is 2.77. The number of isothiocyanates is 2. The van der Waals surface area contributed by atoms with E-state index in [1.807, 2.05) is 0 Å². The van der Waals surface area contributed by atoms with Crippen molar-refractivity contribution < 1.29 is 38.4 Å². The van der Waals surface area contributed by atoms with Crippen LogP contribution >= 0.6 is 32.3 Å². The van der Waals surface area contributed by atoms with E-state index in [2.05, 4.69) is 24.4 Å². The molecule has 19 heavy (non-hydrogen) atoms. The molecule has 0 aromatic heterocycles. The Labute approximate surface area is 161 Å². The van der Waals surface area contributed by atoms with E-state index >= 15 is 0 Å². The Kier molecular flexibility index (Phi) is 52.2. The van der Waals surface area contributed by atoms with Crippen molar-refractivity contribution in [3.05, 3.63) is 0 Å². The van der Waals surface area contributed by atoms with E-state index in [-0.39, 0.29) is 59.1 Å². The van der Waals surface area contributed by atoms with E-state index in [9.17, 15) is 4.20 Å². The number of rotatable bonds is 0. The van der Waals surface area contributed by atoms with Gasteiger partial charge in [0.2, 0.25) is 0 Å². The van der Waals surface area contributed by atoms with Gasteiger partial charge in [0.1, 0.15) is 0 Å². The van der Waals surface area contributed by atoms with Crippen LogP contribution in [0.2, 0.25) is 0 Å². The van der Waals surface area contributed by atoms with Crippen molar-refractivity contribution in [3.8, 4) is 0 Å². The van der Waals surface area contributed by atoms with Crippen LogP contribution in [0.3, 0.4) is 0 Å². The summed E-state index contributed by atoms with van der Waals surface area (Å²) >= 11 is 7.62. The molecular formula is C4H8FN2Na2O7PS2.